The number of nitrogens with two attached hydrogens (primary N) is 1. The van der Waals surface area contributed by atoms with Crippen molar-refractivity contribution in [1.29, 1.82) is 0 Å². The Morgan fingerprint density at radius 1 is 1.20 bits per heavy atom. The minimum atomic E-state index is 0.202. The molecule has 2 aliphatic heterocycles. The highest BCUT2D eigenvalue weighted by molar-refractivity contribution is 5.80. The van der Waals surface area contributed by atoms with Crippen LogP contribution in [0.5, 0.6) is 0 Å². The molecule has 2 heterocycles. The van der Waals surface area contributed by atoms with Gasteiger partial charge in [0, 0.05) is 26.7 Å². The lowest BCUT2D eigenvalue weighted by Crippen LogP contribution is -2.55. The lowest BCUT2D eigenvalue weighted by molar-refractivity contribution is 0.100. The average molecular weight is 272 g/mol. The van der Waals surface area contributed by atoms with Crippen LogP contribution in [0.1, 0.15) is 18.4 Å². The summed E-state index contributed by atoms with van der Waals surface area (Å²) in [5.41, 5.74) is 7.55. The van der Waals surface area contributed by atoms with Gasteiger partial charge in [0.1, 0.15) is 0 Å². The first-order valence-corrected chi connectivity index (χ1v) is 7.50. The highest BCUT2D eigenvalue weighted by Crippen LogP contribution is 2.31. The summed E-state index contributed by atoms with van der Waals surface area (Å²) in [5, 5.41) is 0. The molecule has 0 radical (unpaired) electrons. The summed E-state index contributed by atoms with van der Waals surface area (Å²) in [6, 6.07) is 10.7. The summed E-state index contributed by atoms with van der Waals surface area (Å²) in [5.74, 6) is 0.711. The van der Waals surface area contributed by atoms with Crippen LogP contribution < -0.4 is 5.73 Å². The summed E-state index contributed by atoms with van der Waals surface area (Å²) in [6.45, 7) is 4.34. The second-order valence-electron chi connectivity index (χ2n) is 6.04. The highest BCUT2D eigenvalue weighted by Gasteiger charge is 2.42. The molecule has 0 bridgehead atoms. The zero-order valence-corrected chi connectivity index (χ0v) is 12.3. The number of rotatable bonds is 3. The Morgan fingerprint density at radius 2 is 1.90 bits per heavy atom. The molecule has 0 aromatic heterocycles. The van der Waals surface area contributed by atoms with Gasteiger partial charge < -0.3 is 15.5 Å². The van der Waals surface area contributed by atoms with E-state index < -0.39 is 0 Å². The van der Waals surface area contributed by atoms with Crippen LogP contribution in [-0.2, 0) is 6.42 Å². The fraction of sp³-hybridized carbons (Fsp3) is 0.562. The van der Waals surface area contributed by atoms with Gasteiger partial charge in [-0.3, -0.25) is 4.99 Å². The molecule has 4 nitrogen and oxygen atoms in total. The van der Waals surface area contributed by atoms with Gasteiger partial charge in [0.2, 0.25) is 0 Å². The van der Waals surface area contributed by atoms with Crippen LogP contribution >= 0.6 is 0 Å². The normalized spacial score (nSPS) is 22.2. The molecule has 1 saturated heterocycles. The largest absolute Gasteiger partial charge is 0.370 e. The fourth-order valence-corrected chi connectivity index (χ4v) is 3.30. The molecule has 0 atom stereocenters. The number of piperidine rings is 1. The van der Waals surface area contributed by atoms with E-state index >= 15 is 0 Å². The number of likely N-dealkylation sites (N-methyl/N-ethyl adjacent to an activating group) is 1. The Hall–Kier alpha value is -1.55. The van der Waals surface area contributed by atoms with Gasteiger partial charge in [0.05, 0.1) is 12.1 Å². The van der Waals surface area contributed by atoms with Crippen molar-refractivity contribution in [3.8, 4) is 0 Å². The van der Waals surface area contributed by atoms with Gasteiger partial charge in [0.15, 0.2) is 5.96 Å². The summed E-state index contributed by atoms with van der Waals surface area (Å²) in [4.78, 5) is 9.18. The summed E-state index contributed by atoms with van der Waals surface area (Å²) >= 11 is 0. The number of hydrogen-bond acceptors (Lipinski definition) is 4. The minimum Gasteiger partial charge on any atom is -0.370 e. The van der Waals surface area contributed by atoms with E-state index in [-0.39, 0.29) is 5.54 Å². The number of hydrogen-bond donors (Lipinski definition) is 1. The molecule has 3 rings (SSSR count). The van der Waals surface area contributed by atoms with Crippen LogP contribution in [0.2, 0.25) is 0 Å². The van der Waals surface area contributed by atoms with Crippen LogP contribution in [0, 0.1) is 0 Å². The first-order valence-electron chi connectivity index (χ1n) is 7.50. The topological polar surface area (TPSA) is 44.9 Å². The van der Waals surface area contributed by atoms with E-state index in [0.717, 1.165) is 32.6 Å². The van der Waals surface area contributed by atoms with Crippen LogP contribution in [0.25, 0.3) is 0 Å². The van der Waals surface area contributed by atoms with E-state index in [9.17, 15) is 0 Å². The second kappa shape index (κ2) is 5.44. The Kier molecular flexibility index (Phi) is 3.66. The third-order valence-corrected chi connectivity index (χ3v) is 4.94. The molecule has 1 fully saturated rings. The van der Waals surface area contributed by atoms with Gasteiger partial charge in [-0.1, -0.05) is 30.3 Å². The number of likely N-dealkylation sites (tertiary alicyclic amines) is 1. The van der Waals surface area contributed by atoms with Crippen LogP contribution in [0.4, 0.5) is 0 Å². The molecule has 4 heteroatoms. The maximum atomic E-state index is 5.92. The van der Waals surface area contributed by atoms with E-state index in [1.54, 1.807) is 0 Å². The van der Waals surface area contributed by atoms with Gasteiger partial charge in [0.25, 0.3) is 0 Å². The molecule has 0 amide bonds. The summed E-state index contributed by atoms with van der Waals surface area (Å²) < 4.78 is 0. The molecule has 108 valence electrons. The third-order valence-electron chi connectivity index (χ3n) is 4.94. The molecule has 1 spiro atoms. The van der Waals surface area contributed by atoms with Gasteiger partial charge in [-0.15, -0.1) is 0 Å². The van der Waals surface area contributed by atoms with Gasteiger partial charge >= 0.3 is 0 Å². The van der Waals surface area contributed by atoms with Crippen molar-refractivity contribution in [3.05, 3.63) is 35.9 Å². The average Bonchev–Trinajstić information content (AvgIpc) is 2.77. The van der Waals surface area contributed by atoms with Crippen LogP contribution in [0.15, 0.2) is 35.3 Å². The Bertz CT molecular complexity index is 475. The number of aliphatic imine (C=N–C) groups is 1. The fourth-order valence-electron chi connectivity index (χ4n) is 3.30. The van der Waals surface area contributed by atoms with Crippen molar-refractivity contribution < 1.29 is 0 Å². The lowest BCUT2D eigenvalue weighted by atomic mass is 9.87. The Morgan fingerprint density at radius 3 is 2.50 bits per heavy atom. The van der Waals surface area contributed by atoms with Gasteiger partial charge in [-0.2, -0.15) is 0 Å². The second-order valence-corrected chi connectivity index (χ2v) is 6.04. The standard InChI is InChI=1S/C16H24N4/c1-19-15(17)18-13-16(19)8-11-20(12-9-16)10-7-14-5-3-2-4-6-14/h2-6H,7-13H2,1H3,(H2,17,18). The number of guanidine groups is 1. The smallest absolute Gasteiger partial charge is 0.191 e. The van der Waals surface area contributed by atoms with Crippen molar-refractivity contribution in [1.82, 2.24) is 9.80 Å². The molecule has 20 heavy (non-hydrogen) atoms. The van der Waals surface area contributed by atoms with Crippen LogP contribution in [0.3, 0.4) is 0 Å². The summed E-state index contributed by atoms with van der Waals surface area (Å²) in [7, 11) is 2.09. The van der Waals surface area contributed by atoms with E-state index in [0.29, 0.717) is 5.96 Å². The SMILES string of the molecule is CN1C(N)=NCC12CCN(CCc1ccccc1)CC2. The molecule has 2 aliphatic rings. The van der Waals surface area contributed by atoms with Crippen molar-refractivity contribution in [2.24, 2.45) is 10.7 Å². The molecule has 0 unspecified atom stereocenters. The van der Waals surface area contributed by atoms with E-state index in [1.165, 1.54) is 18.4 Å². The molecule has 0 aliphatic carbocycles. The predicted molar refractivity (Wildman–Crippen MR) is 82.8 cm³/mol. The first-order chi connectivity index (χ1) is 9.70. The minimum absolute atomic E-state index is 0.202. The number of nitrogens with zero attached hydrogens (tertiary/aromatic N) is 3. The predicted octanol–water partition coefficient (Wildman–Crippen LogP) is 1.32. The molecule has 2 N–H and O–H groups in total. The Balaban J connectivity index is 1.50. The van der Waals surface area contributed by atoms with Gasteiger partial charge in [-0.25, -0.2) is 0 Å². The maximum Gasteiger partial charge on any atom is 0.191 e. The summed E-state index contributed by atoms with van der Waals surface area (Å²) in [6.07, 6.45) is 3.48. The molecular formula is C16H24N4. The van der Waals surface area contributed by atoms with E-state index in [4.69, 9.17) is 5.73 Å². The van der Waals surface area contributed by atoms with Crippen molar-refractivity contribution in [2.75, 3.05) is 33.2 Å². The molecular weight excluding hydrogens is 248 g/mol. The molecule has 1 aromatic rings. The van der Waals surface area contributed by atoms with E-state index in [2.05, 4.69) is 52.2 Å². The zero-order chi connectivity index (χ0) is 14.0. The number of benzene rings is 1. The van der Waals surface area contributed by atoms with Crippen molar-refractivity contribution >= 4 is 5.96 Å². The van der Waals surface area contributed by atoms with E-state index in [1.807, 2.05) is 0 Å². The van der Waals surface area contributed by atoms with Crippen molar-refractivity contribution in [3.63, 3.8) is 0 Å². The molecule has 0 saturated carbocycles. The van der Waals surface area contributed by atoms with Gasteiger partial charge in [-0.05, 0) is 24.8 Å². The quantitative estimate of drug-likeness (QED) is 0.903. The Labute approximate surface area is 121 Å². The molecule has 1 aromatic carbocycles. The van der Waals surface area contributed by atoms with Crippen LogP contribution in [-0.4, -0.2) is 54.5 Å². The first kappa shape index (κ1) is 13.4. The zero-order valence-electron chi connectivity index (χ0n) is 12.3. The lowest BCUT2D eigenvalue weighted by Gasteiger charge is -2.43. The highest BCUT2D eigenvalue weighted by atomic mass is 15.3. The maximum absolute atomic E-state index is 5.92. The third kappa shape index (κ3) is 2.52. The van der Waals surface area contributed by atoms with Crippen molar-refractivity contribution in [2.45, 2.75) is 24.8 Å². The monoisotopic (exact) mass is 272 g/mol.